The minimum atomic E-state index is -4.46. The van der Waals surface area contributed by atoms with Gasteiger partial charge in [-0.2, -0.15) is 13.2 Å². The van der Waals surface area contributed by atoms with E-state index in [9.17, 15) is 18.0 Å². The maximum Gasteiger partial charge on any atom is 0.417 e. The molecule has 0 spiro atoms. The number of benzene rings is 1. The van der Waals surface area contributed by atoms with Crippen LogP contribution in [-0.4, -0.2) is 11.1 Å². The summed E-state index contributed by atoms with van der Waals surface area (Å²) in [6.07, 6.45) is -4.46. The second-order valence-corrected chi connectivity index (χ2v) is 4.77. The molecule has 0 aliphatic carbocycles. The van der Waals surface area contributed by atoms with Crippen LogP contribution in [0.1, 0.15) is 16.5 Å². The van der Waals surface area contributed by atoms with E-state index in [1.807, 2.05) is 0 Å². The molecule has 0 aliphatic heterocycles. The smallest absolute Gasteiger partial charge is 0.417 e. The minimum absolute atomic E-state index is 0.0108. The summed E-state index contributed by atoms with van der Waals surface area (Å²) < 4.78 is 38.2. The fourth-order valence-corrected chi connectivity index (χ4v) is 2.77. The summed E-state index contributed by atoms with van der Waals surface area (Å²) in [4.78, 5) is 10.9. The average Bonchev–Trinajstić information content (AvgIpc) is 2.69. The van der Waals surface area contributed by atoms with Gasteiger partial charge in [0, 0.05) is 9.58 Å². The Morgan fingerprint density at radius 3 is 2.61 bits per heavy atom. The molecule has 1 aromatic heterocycles. The zero-order chi connectivity index (χ0) is 13.5. The van der Waals surface area contributed by atoms with Crippen molar-refractivity contribution in [3.63, 3.8) is 0 Å². The number of fused-ring (bicyclic) bond motifs is 1. The monoisotopic (exact) mass is 275 g/mol. The normalized spacial score (nSPS) is 13.8. The van der Waals surface area contributed by atoms with Gasteiger partial charge in [0.1, 0.15) is 6.04 Å². The Morgan fingerprint density at radius 2 is 2.06 bits per heavy atom. The maximum absolute atomic E-state index is 12.7. The summed E-state index contributed by atoms with van der Waals surface area (Å²) in [6.45, 7) is 0. The molecular formula is C11H8F3NO2S. The lowest BCUT2D eigenvalue weighted by molar-refractivity contribution is -0.138. The summed E-state index contributed by atoms with van der Waals surface area (Å²) in [5.41, 5.74) is 4.62. The lowest BCUT2D eigenvalue weighted by Gasteiger charge is -2.06. The highest BCUT2D eigenvalue weighted by Gasteiger charge is 2.33. The first kappa shape index (κ1) is 12.8. The van der Waals surface area contributed by atoms with Crippen molar-refractivity contribution in [1.82, 2.24) is 0 Å². The Kier molecular flexibility index (Phi) is 3.04. The summed E-state index contributed by atoms with van der Waals surface area (Å²) in [7, 11) is 0. The third kappa shape index (κ3) is 2.19. The summed E-state index contributed by atoms with van der Waals surface area (Å²) in [5.74, 6) is -1.27. The predicted octanol–water partition coefficient (Wildman–Crippen LogP) is 3.00. The van der Waals surface area contributed by atoms with E-state index in [0.717, 1.165) is 17.4 Å². The molecule has 2 rings (SSSR count). The summed E-state index contributed by atoms with van der Waals surface area (Å²) >= 11 is 0.761. The highest BCUT2D eigenvalue weighted by Crippen LogP contribution is 2.39. The van der Waals surface area contributed by atoms with Gasteiger partial charge in [-0.05, 0) is 17.5 Å². The molecule has 0 aliphatic rings. The van der Waals surface area contributed by atoms with Crippen molar-refractivity contribution >= 4 is 27.4 Å². The molecule has 3 N–H and O–H groups in total. The number of halogens is 3. The van der Waals surface area contributed by atoms with Crippen molar-refractivity contribution in [1.29, 1.82) is 0 Å². The highest BCUT2D eigenvalue weighted by molar-refractivity contribution is 7.19. The van der Waals surface area contributed by atoms with Gasteiger partial charge in [-0.3, -0.25) is 4.79 Å². The van der Waals surface area contributed by atoms with E-state index in [1.54, 1.807) is 0 Å². The number of alkyl halides is 3. The van der Waals surface area contributed by atoms with Crippen LogP contribution in [0.15, 0.2) is 24.3 Å². The van der Waals surface area contributed by atoms with E-state index in [-0.39, 0.29) is 9.58 Å². The van der Waals surface area contributed by atoms with Gasteiger partial charge in [0.2, 0.25) is 0 Å². The second-order valence-electron chi connectivity index (χ2n) is 3.69. The van der Waals surface area contributed by atoms with Crippen molar-refractivity contribution in [3.05, 3.63) is 34.7 Å². The van der Waals surface area contributed by atoms with E-state index >= 15 is 0 Å². The molecule has 7 heteroatoms. The highest BCUT2D eigenvalue weighted by atomic mass is 32.1. The Balaban J connectivity index is 2.62. The fraction of sp³-hybridized carbons (Fsp3) is 0.182. The number of carbonyl (C=O) groups is 1. The molecule has 1 unspecified atom stereocenters. The first-order valence-corrected chi connectivity index (χ1v) is 5.70. The van der Waals surface area contributed by atoms with Gasteiger partial charge < -0.3 is 10.8 Å². The third-order valence-electron chi connectivity index (χ3n) is 2.44. The van der Waals surface area contributed by atoms with E-state index < -0.39 is 23.8 Å². The van der Waals surface area contributed by atoms with Gasteiger partial charge in [-0.15, -0.1) is 11.3 Å². The molecule has 0 radical (unpaired) electrons. The first-order valence-electron chi connectivity index (χ1n) is 4.88. The molecule has 3 nitrogen and oxygen atoms in total. The van der Waals surface area contributed by atoms with Gasteiger partial charge >= 0.3 is 12.1 Å². The van der Waals surface area contributed by atoms with Crippen molar-refractivity contribution < 1.29 is 23.1 Å². The molecule has 18 heavy (non-hydrogen) atoms. The Morgan fingerprint density at radius 1 is 1.39 bits per heavy atom. The Labute approximate surface area is 104 Å². The first-order chi connectivity index (χ1) is 8.30. The standard InChI is InChI=1S/C11H8F3NO2S/c12-11(13,14)6-3-1-2-5-4-7(18-9(5)6)8(15)10(16)17/h1-4,8H,15H2,(H,16,17). The van der Waals surface area contributed by atoms with Crippen LogP contribution in [0, 0.1) is 0 Å². The number of thiophene rings is 1. The zero-order valence-corrected chi connectivity index (χ0v) is 9.68. The lowest BCUT2D eigenvalue weighted by Crippen LogP contribution is -2.19. The minimum Gasteiger partial charge on any atom is -0.480 e. The van der Waals surface area contributed by atoms with Crippen molar-refractivity contribution in [2.45, 2.75) is 12.2 Å². The molecule has 0 saturated heterocycles. The van der Waals surface area contributed by atoms with Crippen molar-refractivity contribution in [2.24, 2.45) is 5.73 Å². The van der Waals surface area contributed by atoms with E-state index in [1.165, 1.54) is 18.2 Å². The molecule has 1 atom stereocenters. The molecule has 0 fully saturated rings. The molecule has 0 bridgehead atoms. The number of aliphatic carboxylic acids is 1. The molecule has 1 aromatic carbocycles. The number of carboxylic acids is 1. The van der Waals surface area contributed by atoms with Crippen LogP contribution in [0.2, 0.25) is 0 Å². The number of hydrogen-bond acceptors (Lipinski definition) is 3. The van der Waals surface area contributed by atoms with Crippen LogP contribution in [0.3, 0.4) is 0 Å². The van der Waals surface area contributed by atoms with Crippen LogP contribution in [-0.2, 0) is 11.0 Å². The van der Waals surface area contributed by atoms with Crippen LogP contribution < -0.4 is 5.73 Å². The van der Waals surface area contributed by atoms with Crippen molar-refractivity contribution in [3.8, 4) is 0 Å². The van der Waals surface area contributed by atoms with Gasteiger partial charge in [0.05, 0.1) is 5.56 Å². The molecule has 96 valence electrons. The third-order valence-corrected chi connectivity index (χ3v) is 3.71. The van der Waals surface area contributed by atoms with E-state index in [2.05, 4.69) is 0 Å². The zero-order valence-electron chi connectivity index (χ0n) is 8.86. The van der Waals surface area contributed by atoms with Crippen LogP contribution >= 0.6 is 11.3 Å². The average molecular weight is 275 g/mol. The molecule has 0 amide bonds. The molecule has 0 saturated carbocycles. The van der Waals surface area contributed by atoms with Gasteiger partial charge in [0.25, 0.3) is 0 Å². The fourth-order valence-electron chi connectivity index (χ4n) is 1.58. The Hall–Kier alpha value is -1.60. The topological polar surface area (TPSA) is 63.3 Å². The Bertz CT molecular complexity index is 606. The van der Waals surface area contributed by atoms with Crippen molar-refractivity contribution in [2.75, 3.05) is 0 Å². The molecule has 2 aromatic rings. The largest absolute Gasteiger partial charge is 0.480 e. The predicted molar refractivity (Wildman–Crippen MR) is 61.4 cm³/mol. The van der Waals surface area contributed by atoms with Gasteiger partial charge in [0.15, 0.2) is 0 Å². The number of hydrogen-bond donors (Lipinski definition) is 2. The maximum atomic E-state index is 12.7. The SMILES string of the molecule is NC(C(=O)O)c1cc2cccc(C(F)(F)F)c2s1. The second kappa shape index (κ2) is 4.25. The van der Waals surface area contributed by atoms with Crippen LogP contribution in [0.5, 0.6) is 0 Å². The van der Waals surface area contributed by atoms with Crippen LogP contribution in [0.4, 0.5) is 13.2 Å². The number of rotatable bonds is 2. The molecular weight excluding hydrogens is 267 g/mol. The van der Waals surface area contributed by atoms with E-state index in [0.29, 0.717) is 5.39 Å². The van der Waals surface area contributed by atoms with E-state index in [4.69, 9.17) is 10.8 Å². The molecule has 1 heterocycles. The van der Waals surface area contributed by atoms with Crippen LogP contribution in [0.25, 0.3) is 10.1 Å². The number of carboxylic acid groups (broad SMARTS) is 1. The number of nitrogens with two attached hydrogens (primary N) is 1. The quantitative estimate of drug-likeness (QED) is 0.885. The van der Waals surface area contributed by atoms with Gasteiger partial charge in [-0.1, -0.05) is 12.1 Å². The summed E-state index contributed by atoms with van der Waals surface area (Å²) in [6, 6.07) is 3.83. The summed E-state index contributed by atoms with van der Waals surface area (Å²) in [5, 5.41) is 9.10. The lowest BCUT2D eigenvalue weighted by atomic mass is 10.1. The van der Waals surface area contributed by atoms with Gasteiger partial charge in [-0.25, -0.2) is 0 Å².